The van der Waals surface area contributed by atoms with Crippen LogP contribution in [-0.2, 0) is 0 Å². The Kier molecular flexibility index (Phi) is 1.96. The van der Waals surface area contributed by atoms with Gasteiger partial charge in [-0.1, -0.05) is 0 Å². The molecule has 6 heteroatoms. The Morgan fingerprint density at radius 2 is 1.60 bits per heavy atom. The van der Waals surface area contributed by atoms with Crippen LogP contribution < -0.4 is 4.90 Å². The van der Waals surface area contributed by atoms with Crippen molar-refractivity contribution in [2.75, 3.05) is 19.0 Å². The van der Waals surface area contributed by atoms with E-state index in [0.29, 0.717) is 5.95 Å². The molecule has 0 fully saturated rings. The molecule has 0 bridgehead atoms. The summed E-state index contributed by atoms with van der Waals surface area (Å²) in [6.07, 6.45) is 0. The van der Waals surface area contributed by atoms with Gasteiger partial charge < -0.3 is 4.90 Å². The van der Waals surface area contributed by atoms with Gasteiger partial charge in [-0.05, 0) is 11.6 Å². The summed E-state index contributed by atoms with van der Waals surface area (Å²) in [5.41, 5.74) is 0. The highest BCUT2D eigenvalue weighted by atomic mass is 35.5. The number of nitrogens with zero attached hydrogens (tertiary/aromatic N) is 5. The first-order valence-corrected chi connectivity index (χ1v) is 2.98. The van der Waals surface area contributed by atoms with Gasteiger partial charge in [0, 0.05) is 14.1 Å². The summed E-state index contributed by atoms with van der Waals surface area (Å²) in [4.78, 5) is 1.69. The van der Waals surface area contributed by atoms with Crippen molar-refractivity contribution < 1.29 is 0 Å². The number of aromatic nitrogens is 4. The van der Waals surface area contributed by atoms with Crippen molar-refractivity contribution in [3.63, 3.8) is 0 Å². The average molecular weight is 160 g/mol. The molecule has 0 radical (unpaired) electrons. The zero-order chi connectivity index (χ0) is 7.56. The van der Waals surface area contributed by atoms with E-state index < -0.39 is 0 Å². The molecule has 0 unspecified atom stereocenters. The topological polar surface area (TPSA) is 54.8 Å². The molecule has 1 aromatic rings. The molecule has 0 aliphatic rings. The lowest BCUT2D eigenvalue weighted by atomic mass is 10.8. The summed E-state index contributed by atoms with van der Waals surface area (Å²) in [6.45, 7) is 0. The maximum atomic E-state index is 5.35. The second-order valence-electron chi connectivity index (χ2n) is 1.86. The molecule has 0 N–H and O–H groups in total. The van der Waals surface area contributed by atoms with Crippen LogP contribution in [0, 0.1) is 0 Å². The summed E-state index contributed by atoms with van der Waals surface area (Å²) in [7, 11) is 3.60. The van der Waals surface area contributed by atoms with Crippen molar-refractivity contribution in [1.82, 2.24) is 20.4 Å². The molecule has 0 aliphatic carbocycles. The van der Waals surface area contributed by atoms with Crippen LogP contribution in [0.2, 0.25) is 5.28 Å². The van der Waals surface area contributed by atoms with Crippen LogP contribution in [0.1, 0.15) is 0 Å². The van der Waals surface area contributed by atoms with E-state index in [1.54, 1.807) is 19.0 Å². The van der Waals surface area contributed by atoms with Crippen LogP contribution in [0.15, 0.2) is 0 Å². The number of hydrogen-bond donors (Lipinski definition) is 0. The van der Waals surface area contributed by atoms with Gasteiger partial charge in [0.2, 0.25) is 0 Å². The highest BCUT2D eigenvalue weighted by Crippen LogP contribution is 1.98. The first-order valence-electron chi connectivity index (χ1n) is 2.60. The van der Waals surface area contributed by atoms with Gasteiger partial charge in [0.15, 0.2) is 0 Å². The van der Waals surface area contributed by atoms with Gasteiger partial charge in [-0.3, -0.25) is 0 Å². The number of hydrogen-bond acceptors (Lipinski definition) is 5. The third-order valence-corrected chi connectivity index (χ3v) is 0.995. The Bertz CT molecular complexity index is 207. The molecule has 0 atom stereocenters. The monoisotopic (exact) mass is 159 g/mol. The first-order chi connectivity index (χ1) is 4.70. The van der Waals surface area contributed by atoms with Crippen molar-refractivity contribution in [3.8, 4) is 0 Å². The van der Waals surface area contributed by atoms with Crippen molar-refractivity contribution in [2.24, 2.45) is 0 Å². The molecule has 0 aromatic carbocycles. The van der Waals surface area contributed by atoms with Crippen molar-refractivity contribution in [2.45, 2.75) is 0 Å². The van der Waals surface area contributed by atoms with E-state index in [2.05, 4.69) is 20.4 Å². The van der Waals surface area contributed by atoms with E-state index >= 15 is 0 Å². The molecule has 1 rings (SSSR count). The van der Waals surface area contributed by atoms with Gasteiger partial charge in [-0.2, -0.15) is 0 Å². The maximum Gasteiger partial charge on any atom is 0.264 e. The predicted molar refractivity (Wildman–Crippen MR) is 37.0 cm³/mol. The van der Waals surface area contributed by atoms with Gasteiger partial charge in [0.05, 0.1) is 0 Å². The maximum absolute atomic E-state index is 5.35. The summed E-state index contributed by atoms with van der Waals surface area (Å²) in [5.74, 6) is 0.449. The van der Waals surface area contributed by atoms with Crippen LogP contribution in [0.25, 0.3) is 0 Å². The van der Waals surface area contributed by atoms with Gasteiger partial charge in [-0.25, -0.2) is 0 Å². The number of anilines is 1. The highest BCUT2D eigenvalue weighted by Gasteiger charge is 1.98. The molecule has 1 aromatic heterocycles. The minimum Gasteiger partial charge on any atom is -0.344 e. The van der Waals surface area contributed by atoms with Gasteiger partial charge >= 0.3 is 0 Å². The Morgan fingerprint density at radius 1 is 1.10 bits per heavy atom. The van der Waals surface area contributed by atoms with Crippen LogP contribution >= 0.6 is 11.6 Å². The largest absolute Gasteiger partial charge is 0.344 e. The summed E-state index contributed by atoms with van der Waals surface area (Å²) in [5, 5.41) is 14.4. The van der Waals surface area contributed by atoms with E-state index in [9.17, 15) is 0 Å². The second kappa shape index (κ2) is 2.74. The fourth-order valence-corrected chi connectivity index (χ4v) is 0.466. The SMILES string of the molecule is CN(C)c1nnc(Cl)nn1. The molecule has 0 saturated heterocycles. The smallest absolute Gasteiger partial charge is 0.264 e. The van der Waals surface area contributed by atoms with Gasteiger partial charge in [-0.15, -0.1) is 20.4 Å². The molecule has 1 heterocycles. The highest BCUT2D eigenvalue weighted by molar-refractivity contribution is 6.28. The Hall–Kier alpha value is -0.970. The zero-order valence-electron chi connectivity index (χ0n) is 5.61. The lowest BCUT2D eigenvalue weighted by Crippen LogP contribution is -2.14. The van der Waals surface area contributed by atoms with Gasteiger partial charge in [0.25, 0.3) is 11.2 Å². The zero-order valence-corrected chi connectivity index (χ0v) is 6.37. The van der Waals surface area contributed by atoms with Crippen molar-refractivity contribution in [1.29, 1.82) is 0 Å². The van der Waals surface area contributed by atoms with E-state index in [1.165, 1.54) is 0 Å². The molecule has 5 nitrogen and oxygen atoms in total. The van der Waals surface area contributed by atoms with E-state index in [1.807, 2.05) is 0 Å². The molecule has 0 aliphatic heterocycles. The summed E-state index contributed by atoms with van der Waals surface area (Å²) >= 11 is 5.35. The quantitative estimate of drug-likeness (QED) is 0.577. The Morgan fingerprint density at radius 3 is 2.00 bits per heavy atom. The molecule has 0 amide bonds. The minimum absolute atomic E-state index is 0.0607. The average Bonchev–Trinajstić information content (AvgIpc) is 1.88. The Labute approximate surface area is 63.0 Å². The standard InChI is InChI=1S/C4H6ClN5/c1-10(2)4-8-6-3(5)7-9-4/h1-2H3. The van der Waals surface area contributed by atoms with Crippen LogP contribution in [-0.4, -0.2) is 34.5 Å². The fraction of sp³-hybridized carbons (Fsp3) is 0.500. The number of halogens is 1. The second-order valence-corrected chi connectivity index (χ2v) is 2.20. The fourth-order valence-electron chi connectivity index (χ4n) is 0.391. The predicted octanol–water partition coefficient (Wildman–Crippen LogP) is -0.0140. The van der Waals surface area contributed by atoms with E-state index in [4.69, 9.17) is 11.6 Å². The lowest BCUT2D eigenvalue weighted by Gasteiger charge is -2.05. The third kappa shape index (κ3) is 1.51. The van der Waals surface area contributed by atoms with Crippen LogP contribution in [0.5, 0.6) is 0 Å². The summed E-state index contributed by atoms with van der Waals surface area (Å²) < 4.78 is 0. The molecule has 10 heavy (non-hydrogen) atoms. The van der Waals surface area contributed by atoms with Crippen LogP contribution in [0.3, 0.4) is 0 Å². The number of rotatable bonds is 1. The van der Waals surface area contributed by atoms with Crippen molar-refractivity contribution in [3.05, 3.63) is 5.28 Å². The molecular weight excluding hydrogens is 154 g/mol. The van der Waals surface area contributed by atoms with Crippen molar-refractivity contribution >= 4 is 17.5 Å². The van der Waals surface area contributed by atoms with E-state index in [-0.39, 0.29) is 5.28 Å². The Balaban J connectivity index is 2.89. The normalized spacial score (nSPS) is 9.50. The summed E-state index contributed by atoms with van der Waals surface area (Å²) in [6, 6.07) is 0. The van der Waals surface area contributed by atoms with Crippen LogP contribution in [0.4, 0.5) is 5.95 Å². The van der Waals surface area contributed by atoms with Gasteiger partial charge in [0.1, 0.15) is 0 Å². The minimum atomic E-state index is 0.0607. The lowest BCUT2D eigenvalue weighted by molar-refractivity contribution is 0.822. The molecule has 0 spiro atoms. The first kappa shape index (κ1) is 7.14. The molecular formula is C4H6ClN5. The van der Waals surface area contributed by atoms with E-state index in [0.717, 1.165) is 0 Å². The molecule has 54 valence electrons. The molecule has 0 saturated carbocycles. The third-order valence-electron chi connectivity index (χ3n) is 0.844.